The van der Waals surface area contributed by atoms with E-state index >= 15 is 0 Å². The minimum Gasteiger partial charge on any atom is -0.394 e. The van der Waals surface area contributed by atoms with Crippen LogP contribution in [0.3, 0.4) is 0 Å². The smallest absolute Gasteiger partial charge is 0.0679 e. The van der Waals surface area contributed by atoms with E-state index in [-0.39, 0.29) is 12.1 Å². The van der Waals surface area contributed by atoms with Gasteiger partial charge in [-0.3, -0.25) is 0 Å². The van der Waals surface area contributed by atoms with Gasteiger partial charge in [-0.1, -0.05) is 50.6 Å². The molecule has 1 aliphatic rings. The van der Waals surface area contributed by atoms with E-state index in [0.717, 1.165) is 18.1 Å². The topological polar surface area (TPSA) is 32.3 Å². The highest BCUT2D eigenvalue weighted by Crippen LogP contribution is 2.32. The number of nitrogens with one attached hydrogen (secondary N) is 1. The summed E-state index contributed by atoms with van der Waals surface area (Å²) in [5.41, 5.74) is 0.966. The predicted molar refractivity (Wildman–Crippen MR) is 92.8 cm³/mol. The van der Waals surface area contributed by atoms with Gasteiger partial charge in [-0.2, -0.15) is 11.8 Å². The molecule has 1 aromatic rings. The van der Waals surface area contributed by atoms with Crippen LogP contribution in [0.2, 0.25) is 0 Å². The van der Waals surface area contributed by atoms with Gasteiger partial charge in [0.2, 0.25) is 0 Å². The Kier molecular flexibility index (Phi) is 6.59. The fourth-order valence-corrected chi connectivity index (χ4v) is 3.84. The fraction of sp³-hybridized carbons (Fsp3) is 0.667. The van der Waals surface area contributed by atoms with Gasteiger partial charge in [0, 0.05) is 6.04 Å². The first-order chi connectivity index (χ1) is 10.2. The van der Waals surface area contributed by atoms with Crippen molar-refractivity contribution in [2.75, 3.05) is 18.1 Å². The van der Waals surface area contributed by atoms with Gasteiger partial charge >= 0.3 is 0 Å². The normalized spacial score (nSPS) is 19.2. The molecule has 1 aliphatic carbocycles. The molecule has 0 saturated heterocycles. The number of hydrogen-bond acceptors (Lipinski definition) is 3. The van der Waals surface area contributed by atoms with Crippen molar-refractivity contribution in [1.29, 1.82) is 0 Å². The number of hydrogen-bond donors (Lipinski definition) is 2. The quantitative estimate of drug-likeness (QED) is 0.645. The van der Waals surface area contributed by atoms with Crippen molar-refractivity contribution in [3.8, 4) is 0 Å². The van der Waals surface area contributed by atoms with E-state index in [0.29, 0.717) is 6.04 Å². The summed E-state index contributed by atoms with van der Waals surface area (Å²) in [7, 11) is 0. The van der Waals surface area contributed by atoms with Gasteiger partial charge in [-0.25, -0.2) is 0 Å². The van der Waals surface area contributed by atoms with Gasteiger partial charge < -0.3 is 10.4 Å². The first kappa shape index (κ1) is 16.9. The van der Waals surface area contributed by atoms with Crippen molar-refractivity contribution in [3.05, 3.63) is 35.9 Å². The fourth-order valence-electron chi connectivity index (χ4n) is 2.54. The van der Waals surface area contributed by atoms with E-state index in [9.17, 15) is 5.11 Å². The Morgan fingerprint density at radius 2 is 2.05 bits per heavy atom. The SMILES string of the molecule is CCC(C)CSCCC(CO)(NC1CC1)c1ccccc1. The van der Waals surface area contributed by atoms with Gasteiger partial charge in [-0.05, 0) is 42.2 Å². The number of aliphatic hydroxyl groups is 1. The van der Waals surface area contributed by atoms with Crippen molar-refractivity contribution in [2.45, 2.75) is 51.1 Å². The summed E-state index contributed by atoms with van der Waals surface area (Å²) in [6, 6.07) is 11.1. The van der Waals surface area contributed by atoms with E-state index in [2.05, 4.69) is 43.4 Å². The molecule has 118 valence electrons. The monoisotopic (exact) mass is 307 g/mol. The predicted octanol–water partition coefficient (Wildman–Crippen LogP) is 3.80. The summed E-state index contributed by atoms with van der Waals surface area (Å²) in [5.74, 6) is 3.10. The molecule has 1 saturated carbocycles. The second-order valence-electron chi connectivity index (χ2n) is 6.36. The lowest BCUT2D eigenvalue weighted by molar-refractivity contribution is 0.154. The molecule has 2 rings (SSSR count). The maximum atomic E-state index is 10.1. The lowest BCUT2D eigenvalue weighted by Gasteiger charge is -2.34. The Bertz CT molecular complexity index is 407. The Morgan fingerprint density at radius 3 is 2.62 bits per heavy atom. The second-order valence-corrected chi connectivity index (χ2v) is 7.51. The zero-order valence-electron chi connectivity index (χ0n) is 13.3. The molecule has 0 radical (unpaired) electrons. The van der Waals surface area contributed by atoms with Crippen molar-refractivity contribution in [3.63, 3.8) is 0 Å². The van der Waals surface area contributed by atoms with Gasteiger partial charge in [0.1, 0.15) is 0 Å². The van der Waals surface area contributed by atoms with Gasteiger partial charge in [0.15, 0.2) is 0 Å². The molecule has 2 unspecified atom stereocenters. The Labute approximate surface area is 133 Å². The molecule has 2 nitrogen and oxygen atoms in total. The molecule has 0 bridgehead atoms. The van der Waals surface area contributed by atoms with E-state index in [1.54, 1.807) is 0 Å². The van der Waals surface area contributed by atoms with Crippen LogP contribution in [0.25, 0.3) is 0 Å². The van der Waals surface area contributed by atoms with Crippen LogP contribution in [0.4, 0.5) is 0 Å². The Hall–Kier alpha value is -0.510. The van der Waals surface area contributed by atoms with Gasteiger partial charge in [-0.15, -0.1) is 0 Å². The van der Waals surface area contributed by atoms with Crippen LogP contribution >= 0.6 is 11.8 Å². The van der Waals surface area contributed by atoms with E-state index in [1.165, 1.54) is 30.6 Å². The molecule has 1 fully saturated rings. The number of aliphatic hydroxyl groups excluding tert-OH is 1. The maximum Gasteiger partial charge on any atom is 0.0679 e. The van der Waals surface area contributed by atoms with Crippen LogP contribution in [0.5, 0.6) is 0 Å². The summed E-state index contributed by atoms with van der Waals surface area (Å²) in [5, 5.41) is 13.8. The molecule has 0 spiro atoms. The zero-order chi connectivity index (χ0) is 15.1. The van der Waals surface area contributed by atoms with Crippen LogP contribution < -0.4 is 5.32 Å². The average Bonchev–Trinajstić information content (AvgIpc) is 3.34. The standard InChI is InChI=1S/C18H29NOS/c1-3-15(2)13-21-12-11-18(14-20,19-17-9-10-17)16-7-5-4-6-8-16/h4-8,15,17,19-20H,3,9-14H2,1-2H3. The molecule has 2 atom stereocenters. The molecule has 0 aliphatic heterocycles. The minimum absolute atomic E-state index is 0.178. The largest absolute Gasteiger partial charge is 0.394 e. The van der Waals surface area contributed by atoms with Crippen molar-refractivity contribution < 1.29 is 5.11 Å². The van der Waals surface area contributed by atoms with Crippen LogP contribution in [-0.2, 0) is 5.54 Å². The highest BCUT2D eigenvalue weighted by Gasteiger charge is 2.36. The molecule has 0 heterocycles. The van der Waals surface area contributed by atoms with Gasteiger partial charge in [0.25, 0.3) is 0 Å². The van der Waals surface area contributed by atoms with Crippen LogP contribution in [0, 0.1) is 5.92 Å². The molecule has 1 aromatic carbocycles. The van der Waals surface area contributed by atoms with E-state index in [1.807, 2.05) is 17.8 Å². The van der Waals surface area contributed by atoms with Crippen LogP contribution in [-0.4, -0.2) is 29.3 Å². The van der Waals surface area contributed by atoms with Crippen molar-refractivity contribution in [1.82, 2.24) is 5.32 Å². The number of thioether (sulfide) groups is 1. The first-order valence-electron chi connectivity index (χ1n) is 8.22. The molecular formula is C18H29NOS. The van der Waals surface area contributed by atoms with Crippen LogP contribution in [0.15, 0.2) is 30.3 Å². The highest BCUT2D eigenvalue weighted by atomic mass is 32.2. The zero-order valence-corrected chi connectivity index (χ0v) is 14.2. The molecule has 0 amide bonds. The number of benzene rings is 1. The van der Waals surface area contributed by atoms with Crippen molar-refractivity contribution >= 4 is 11.8 Å². The number of rotatable bonds is 10. The van der Waals surface area contributed by atoms with Crippen LogP contribution in [0.1, 0.15) is 45.1 Å². The Morgan fingerprint density at radius 1 is 1.33 bits per heavy atom. The summed E-state index contributed by atoms with van der Waals surface area (Å²) in [6.07, 6.45) is 4.73. The molecule has 0 aromatic heterocycles. The molecule has 2 N–H and O–H groups in total. The minimum atomic E-state index is -0.259. The highest BCUT2D eigenvalue weighted by molar-refractivity contribution is 7.99. The molecule has 3 heteroatoms. The summed E-state index contributed by atoms with van der Waals surface area (Å²) >= 11 is 2.02. The second kappa shape index (κ2) is 8.21. The maximum absolute atomic E-state index is 10.1. The lowest BCUT2D eigenvalue weighted by Crippen LogP contribution is -2.47. The van der Waals surface area contributed by atoms with Crippen molar-refractivity contribution in [2.24, 2.45) is 5.92 Å². The van der Waals surface area contributed by atoms with E-state index < -0.39 is 0 Å². The first-order valence-corrected chi connectivity index (χ1v) is 9.37. The van der Waals surface area contributed by atoms with E-state index in [4.69, 9.17) is 0 Å². The third-order valence-corrected chi connectivity index (χ3v) is 5.72. The summed E-state index contributed by atoms with van der Waals surface area (Å²) < 4.78 is 0. The summed E-state index contributed by atoms with van der Waals surface area (Å²) in [6.45, 7) is 4.74. The Balaban J connectivity index is 1.97. The molecule has 21 heavy (non-hydrogen) atoms. The third-order valence-electron chi connectivity index (χ3n) is 4.43. The average molecular weight is 308 g/mol. The molecular weight excluding hydrogens is 278 g/mol. The third kappa shape index (κ3) is 5.01. The lowest BCUT2D eigenvalue weighted by atomic mass is 9.87. The van der Waals surface area contributed by atoms with Gasteiger partial charge in [0.05, 0.1) is 12.1 Å². The summed E-state index contributed by atoms with van der Waals surface area (Å²) in [4.78, 5) is 0.